The monoisotopic (exact) mass is 107 g/mol. The molecule has 0 aliphatic rings. The zero-order valence-electron chi connectivity index (χ0n) is 2.53. The summed E-state index contributed by atoms with van der Waals surface area (Å²) < 4.78 is 0. The molecular weight excluding hydrogens is 104 g/mol. The fourth-order valence-electron chi connectivity index (χ4n) is 0.0299. The molecule has 0 bridgehead atoms. The van der Waals surface area contributed by atoms with Crippen LogP contribution in [0, 0.1) is 11.3 Å². The van der Waals surface area contributed by atoms with E-state index in [1.54, 1.807) is 0 Å². The van der Waals surface area contributed by atoms with Gasteiger partial charge in [-0.05, 0) is 7.93 Å². The molecule has 1 unspecified atom stereocenters. The van der Waals surface area contributed by atoms with Gasteiger partial charge in [0, 0.05) is 0 Å². The van der Waals surface area contributed by atoms with Crippen LogP contribution in [-0.2, 0) is 0 Å². The maximum Gasteiger partial charge on any atom is 0.0678 e. The molecule has 0 spiro atoms. The fourth-order valence-corrected chi connectivity index (χ4v) is 0.269. The second-order valence-corrected chi connectivity index (χ2v) is 1.89. The van der Waals surface area contributed by atoms with E-state index in [1.807, 2.05) is 6.07 Å². The van der Waals surface area contributed by atoms with E-state index in [1.165, 1.54) is 0 Å². The van der Waals surface area contributed by atoms with E-state index in [0.29, 0.717) is 6.16 Å². The second-order valence-electron chi connectivity index (χ2n) is 0.469. The summed E-state index contributed by atoms with van der Waals surface area (Å²) >= 11 is 5.11. The van der Waals surface area contributed by atoms with Crippen LogP contribution in [0.3, 0.4) is 0 Å². The van der Waals surface area contributed by atoms with Gasteiger partial charge >= 0.3 is 0 Å². The summed E-state index contributed by atoms with van der Waals surface area (Å²) in [6.45, 7) is 0. The Hall–Kier alpha value is 0.210. The minimum atomic E-state index is 0.269. The highest BCUT2D eigenvalue weighted by molar-refractivity contribution is 7.68. The molecule has 1 atom stereocenters. The van der Waals surface area contributed by atoms with Crippen molar-refractivity contribution in [2.45, 2.75) is 0 Å². The summed E-state index contributed by atoms with van der Waals surface area (Å²) in [6.07, 6.45) is 0.488. The standard InChI is InChI=1S/C2H3ClNP/c3-5-2-1-4/h5H,2H2. The third kappa shape index (κ3) is 4.21. The lowest BCUT2D eigenvalue weighted by Gasteiger charge is -1.64. The molecule has 0 rings (SSSR count). The maximum absolute atomic E-state index is 7.74. The third-order valence-electron chi connectivity index (χ3n) is 0.146. The Morgan fingerprint density at radius 1 is 2.00 bits per heavy atom. The Balaban J connectivity index is 2.48. The van der Waals surface area contributed by atoms with Crippen LogP contribution in [0.1, 0.15) is 0 Å². The highest BCUT2D eigenvalue weighted by Gasteiger charge is 1.67. The predicted octanol–water partition coefficient (Wildman–Crippen LogP) is 1.34. The van der Waals surface area contributed by atoms with E-state index in [9.17, 15) is 0 Å². The van der Waals surface area contributed by atoms with Crippen molar-refractivity contribution >= 4 is 19.2 Å². The van der Waals surface area contributed by atoms with Gasteiger partial charge < -0.3 is 0 Å². The quantitative estimate of drug-likeness (QED) is 0.464. The zero-order valence-corrected chi connectivity index (χ0v) is 4.29. The number of rotatable bonds is 1. The Bertz CT molecular complexity index is 48.1. The van der Waals surface area contributed by atoms with Crippen LogP contribution in [0.4, 0.5) is 0 Å². The highest BCUT2D eigenvalue weighted by Crippen LogP contribution is 2.12. The van der Waals surface area contributed by atoms with Crippen molar-refractivity contribution in [1.82, 2.24) is 0 Å². The van der Waals surface area contributed by atoms with E-state index in [0.717, 1.165) is 0 Å². The Morgan fingerprint density at radius 2 is 2.60 bits per heavy atom. The summed E-state index contributed by atoms with van der Waals surface area (Å²) in [4.78, 5) is 0. The van der Waals surface area contributed by atoms with Crippen LogP contribution in [0.15, 0.2) is 0 Å². The first-order valence-corrected chi connectivity index (χ1v) is 3.34. The van der Waals surface area contributed by atoms with E-state index in [-0.39, 0.29) is 7.93 Å². The second kappa shape index (κ2) is 4.21. The fraction of sp³-hybridized carbons (Fsp3) is 0.500. The lowest BCUT2D eigenvalue weighted by Crippen LogP contribution is -1.50. The topological polar surface area (TPSA) is 23.8 Å². The molecule has 5 heavy (non-hydrogen) atoms. The molecule has 3 heteroatoms. The summed E-state index contributed by atoms with van der Waals surface area (Å²) in [7, 11) is 0.269. The van der Waals surface area contributed by atoms with Crippen LogP contribution in [0.25, 0.3) is 0 Å². The molecule has 0 saturated carbocycles. The van der Waals surface area contributed by atoms with Crippen LogP contribution >= 0.6 is 19.2 Å². The summed E-state index contributed by atoms with van der Waals surface area (Å²) in [6, 6.07) is 1.90. The van der Waals surface area contributed by atoms with Gasteiger partial charge in [-0.25, -0.2) is 0 Å². The molecule has 0 aromatic rings. The summed E-state index contributed by atoms with van der Waals surface area (Å²) in [5.41, 5.74) is 0. The normalized spacial score (nSPS) is 8.80. The lowest BCUT2D eigenvalue weighted by molar-refractivity contribution is 1.50. The minimum absolute atomic E-state index is 0.269. The van der Waals surface area contributed by atoms with Crippen molar-refractivity contribution in [1.29, 1.82) is 5.26 Å². The van der Waals surface area contributed by atoms with E-state index in [2.05, 4.69) is 0 Å². The zero-order chi connectivity index (χ0) is 4.12. The Kier molecular flexibility index (Phi) is 4.39. The summed E-state index contributed by atoms with van der Waals surface area (Å²) in [5.74, 6) is 0. The molecule has 0 aliphatic heterocycles. The van der Waals surface area contributed by atoms with Gasteiger partial charge in [-0.15, -0.1) is 0 Å². The van der Waals surface area contributed by atoms with Crippen LogP contribution < -0.4 is 0 Å². The van der Waals surface area contributed by atoms with E-state index >= 15 is 0 Å². The van der Waals surface area contributed by atoms with Crippen molar-refractivity contribution in [3.8, 4) is 6.07 Å². The number of hydrogen-bond donors (Lipinski definition) is 0. The van der Waals surface area contributed by atoms with E-state index in [4.69, 9.17) is 16.5 Å². The molecule has 0 aromatic heterocycles. The van der Waals surface area contributed by atoms with Gasteiger partial charge in [0.15, 0.2) is 0 Å². The van der Waals surface area contributed by atoms with Crippen LogP contribution in [-0.4, -0.2) is 6.16 Å². The average molecular weight is 107 g/mol. The van der Waals surface area contributed by atoms with Gasteiger partial charge in [0.05, 0.1) is 12.2 Å². The van der Waals surface area contributed by atoms with Crippen LogP contribution in [0.5, 0.6) is 0 Å². The molecule has 0 heterocycles. The molecule has 28 valence electrons. The van der Waals surface area contributed by atoms with Gasteiger partial charge in [0.2, 0.25) is 0 Å². The van der Waals surface area contributed by atoms with Crippen molar-refractivity contribution < 1.29 is 0 Å². The molecule has 0 saturated heterocycles. The minimum Gasteiger partial charge on any atom is -0.198 e. The first-order valence-electron chi connectivity index (χ1n) is 1.12. The highest BCUT2D eigenvalue weighted by atomic mass is 35.7. The molecule has 0 aliphatic carbocycles. The third-order valence-corrected chi connectivity index (χ3v) is 0.839. The van der Waals surface area contributed by atoms with Gasteiger partial charge in [-0.2, -0.15) is 5.26 Å². The van der Waals surface area contributed by atoms with Crippen molar-refractivity contribution in [3.63, 3.8) is 0 Å². The van der Waals surface area contributed by atoms with Gasteiger partial charge in [0.1, 0.15) is 0 Å². The van der Waals surface area contributed by atoms with Gasteiger partial charge in [0.25, 0.3) is 0 Å². The summed E-state index contributed by atoms with van der Waals surface area (Å²) in [5, 5.41) is 7.74. The smallest absolute Gasteiger partial charge is 0.0678 e. The first kappa shape index (κ1) is 5.21. The van der Waals surface area contributed by atoms with Gasteiger partial charge in [-0.1, -0.05) is 11.2 Å². The molecule has 0 aromatic carbocycles. The van der Waals surface area contributed by atoms with Crippen molar-refractivity contribution in [2.75, 3.05) is 6.16 Å². The predicted molar refractivity (Wildman–Crippen MR) is 24.6 cm³/mol. The molecule has 1 nitrogen and oxygen atoms in total. The van der Waals surface area contributed by atoms with Crippen molar-refractivity contribution in [2.24, 2.45) is 0 Å². The number of nitriles is 1. The largest absolute Gasteiger partial charge is 0.198 e. The number of halogens is 1. The van der Waals surface area contributed by atoms with Crippen LogP contribution in [0.2, 0.25) is 0 Å². The Labute approximate surface area is 37.5 Å². The average Bonchev–Trinajstić information content (AvgIpc) is 1.41. The molecular formula is C2H3ClNP. The number of hydrogen-bond acceptors (Lipinski definition) is 1. The molecule has 0 N–H and O–H groups in total. The lowest BCUT2D eigenvalue weighted by atomic mass is 10.9. The first-order chi connectivity index (χ1) is 2.41. The number of nitrogens with zero attached hydrogens (tertiary/aromatic N) is 1. The maximum atomic E-state index is 7.74. The van der Waals surface area contributed by atoms with Crippen molar-refractivity contribution in [3.05, 3.63) is 0 Å². The Morgan fingerprint density at radius 3 is 2.60 bits per heavy atom. The SMILES string of the molecule is N#CCPCl. The van der Waals surface area contributed by atoms with E-state index < -0.39 is 0 Å². The molecule has 0 amide bonds. The molecule has 0 fully saturated rings. The molecule has 0 radical (unpaired) electrons. The van der Waals surface area contributed by atoms with Gasteiger partial charge in [-0.3, -0.25) is 0 Å².